The third-order valence-corrected chi connectivity index (χ3v) is 6.55. The van der Waals surface area contributed by atoms with Gasteiger partial charge in [-0.2, -0.15) is 0 Å². The summed E-state index contributed by atoms with van der Waals surface area (Å²) in [7, 11) is 0. The molecule has 1 aromatic heterocycles. The lowest BCUT2D eigenvalue weighted by atomic mass is 9.99. The lowest BCUT2D eigenvalue weighted by Crippen LogP contribution is -2.46. The molecule has 0 saturated carbocycles. The van der Waals surface area contributed by atoms with Crippen LogP contribution in [0.4, 0.5) is 10.2 Å². The molecule has 0 atom stereocenters. The van der Waals surface area contributed by atoms with E-state index in [2.05, 4.69) is 14.8 Å². The van der Waals surface area contributed by atoms with E-state index < -0.39 is 5.82 Å². The number of Topliss-reactive ketones (excluding diaryl/α,β-unsaturated/α-hetero) is 1. The lowest BCUT2D eigenvalue weighted by Gasteiger charge is -2.35. The molecule has 1 N–H and O–H groups in total. The van der Waals surface area contributed by atoms with Crippen LogP contribution in [0.3, 0.4) is 0 Å². The highest BCUT2D eigenvalue weighted by molar-refractivity contribution is 6.32. The number of benzene rings is 2. The van der Waals surface area contributed by atoms with E-state index in [4.69, 9.17) is 16.3 Å². The number of halogens is 2. The largest absolute Gasteiger partial charge is 0.507 e. The Morgan fingerprint density at radius 3 is 2.68 bits per heavy atom. The predicted octanol–water partition coefficient (Wildman–Crippen LogP) is 4.83. The zero-order valence-corrected chi connectivity index (χ0v) is 19.3. The van der Waals surface area contributed by atoms with E-state index in [1.807, 2.05) is 18.2 Å². The number of fused-ring (bicyclic) bond motifs is 1. The van der Waals surface area contributed by atoms with Gasteiger partial charge in [-0.05, 0) is 48.9 Å². The standard InChI is InChI=1S/C26H23ClFN3O3/c1-16-13-21(32)18(15-30-9-11-31(12-10-30)23-7-2-3-8-29-23)26-24(16)25(33)22(34-26)14-17-19(27)5-4-6-20(17)28/h2-8,13-14,32H,9-12,15H2,1H3/b22-14-. The van der Waals surface area contributed by atoms with Crippen molar-refractivity contribution in [1.29, 1.82) is 0 Å². The van der Waals surface area contributed by atoms with Crippen LogP contribution >= 0.6 is 11.6 Å². The first-order valence-electron chi connectivity index (χ1n) is 11.0. The van der Waals surface area contributed by atoms with Gasteiger partial charge in [0.25, 0.3) is 0 Å². The van der Waals surface area contributed by atoms with Crippen molar-refractivity contribution >= 4 is 29.3 Å². The van der Waals surface area contributed by atoms with Gasteiger partial charge in [0.15, 0.2) is 5.76 Å². The Labute approximate surface area is 201 Å². The minimum absolute atomic E-state index is 0.0167. The molecule has 6 nitrogen and oxygen atoms in total. The fraction of sp³-hybridized carbons (Fsp3) is 0.231. The van der Waals surface area contributed by atoms with Gasteiger partial charge < -0.3 is 14.7 Å². The number of carbonyl (C=O) groups is 1. The first-order chi connectivity index (χ1) is 16.4. The first kappa shape index (κ1) is 22.4. The molecular weight excluding hydrogens is 457 g/mol. The van der Waals surface area contributed by atoms with Gasteiger partial charge in [0, 0.05) is 44.5 Å². The van der Waals surface area contributed by atoms with Crippen LogP contribution in [-0.2, 0) is 6.54 Å². The molecular formula is C26H23ClFN3O3. The summed E-state index contributed by atoms with van der Waals surface area (Å²) in [4.78, 5) is 22.0. The number of hydrogen-bond donors (Lipinski definition) is 1. The third kappa shape index (κ3) is 4.13. The quantitative estimate of drug-likeness (QED) is 0.541. The molecule has 0 unspecified atom stereocenters. The highest BCUT2D eigenvalue weighted by atomic mass is 35.5. The van der Waals surface area contributed by atoms with E-state index in [1.54, 1.807) is 25.3 Å². The van der Waals surface area contributed by atoms with Crippen molar-refractivity contribution in [2.75, 3.05) is 31.1 Å². The average molecular weight is 480 g/mol. The van der Waals surface area contributed by atoms with Crippen molar-refractivity contribution < 1.29 is 19.0 Å². The second-order valence-electron chi connectivity index (χ2n) is 8.42. The minimum Gasteiger partial charge on any atom is -0.507 e. The fourth-order valence-corrected chi connectivity index (χ4v) is 4.63. The van der Waals surface area contributed by atoms with Crippen LogP contribution in [0.1, 0.15) is 27.0 Å². The van der Waals surface area contributed by atoms with Crippen LogP contribution in [0.5, 0.6) is 11.5 Å². The molecule has 2 aliphatic heterocycles. The molecule has 0 bridgehead atoms. The number of aromatic hydroxyl groups is 1. The summed E-state index contributed by atoms with van der Waals surface area (Å²) in [6, 6.07) is 11.8. The molecule has 2 aliphatic rings. The van der Waals surface area contributed by atoms with Crippen LogP contribution in [0.25, 0.3) is 6.08 Å². The molecule has 3 heterocycles. The van der Waals surface area contributed by atoms with Crippen molar-refractivity contribution in [2.24, 2.45) is 0 Å². The van der Waals surface area contributed by atoms with Crippen LogP contribution in [0.15, 0.2) is 54.4 Å². The topological polar surface area (TPSA) is 65.9 Å². The fourth-order valence-electron chi connectivity index (χ4n) is 4.41. The predicted molar refractivity (Wildman–Crippen MR) is 129 cm³/mol. The zero-order chi connectivity index (χ0) is 23.8. The molecule has 8 heteroatoms. The number of hydrogen-bond acceptors (Lipinski definition) is 6. The van der Waals surface area contributed by atoms with Gasteiger partial charge in [-0.3, -0.25) is 9.69 Å². The summed E-state index contributed by atoms with van der Waals surface area (Å²) in [5.74, 6) is 0.425. The Bertz CT molecular complexity index is 1270. The number of carbonyl (C=O) groups excluding carboxylic acids is 1. The summed E-state index contributed by atoms with van der Waals surface area (Å²) in [6.07, 6.45) is 3.11. The van der Waals surface area contributed by atoms with E-state index in [0.717, 1.165) is 32.0 Å². The van der Waals surface area contributed by atoms with Crippen LogP contribution in [0.2, 0.25) is 5.02 Å². The van der Waals surface area contributed by atoms with E-state index in [9.17, 15) is 14.3 Å². The maximum atomic E-state index is 14.3. The second-order valence-corrected chi connectivity index (χ2v) is 8.83. The summed E-state index contributed by atoms with van der Waals surface area (Å²) in [6.45, 7) is 5.28. The number of allylic oxidation sites excluding steroid dienone is 1. The summed E-state index contributed by atoms with van der Waals surface area (Å²) in [5.41, 5.74) is 1.63. The Balaban J connectivity index is 1.40. The number of aromatic nitrogens is 1. The minimum atomic E-state index is -0.544. The van der Waals surface area contributed by atoms with Crippen molar-refractivity contribution in [3.8, 4) is 11.5 Å². The molecule has 1 fully saturated rings. The molecule has 0 radical (unpaired) electrons. The number of piperazine rings is 1. The third-order valence-electron chi connectivity index (χ3n) is 6.22. The Morgan fingerprint density at radius 1 is 1.18 bits per heavy atom. The number of ether oxygens (including phenoxy) is 1. The number of nitrogens with zero attached hydrogens (tertiary/aromatic N) is 3. The van der Waals surface area contributed by atoms with Gasteiger partial charge in [0.05, 0.1) is 16.1 Å². The van der Waals surface area contributed by atoms with Gasteiger partial charge in [0.1, 0.15) is 23.1 Å². The molecule has 0 amide bonds. The summed E-state index contributed by atoms with van der Waals surface area (Å²) < 4.78 is 20.2. The van der Waals surface area contributed by atoms with Gasteiger partial charge >= 0.3 is 0 Å². The summed E-state index contributed by atoms with van der Waals surface area (Å²) in [5, 5.41) is 10.9. The summed E-state index contributed by atoms with van der Waals surface area (Å²) >= 11 is 6.13. The van der Waals surface area contributed by atoms with E-state index >= 15 is 0 Å². The molecule has 34 heavy (non-hydrogen) atoms. The van der Waals surface area contributed by atoms with Crippen molar-refractivity contribution in [3.05, 3.63) is 87.5 Å². The van der Waals surface area contributed by atoms with E-state index in [1.165, 1.54) is 18.2 Å². The normalized spacial score (nSPS) is 17.2. The Hall–Kier alpha value is -3.42. The van der Waals surface area contributed by atoms with E-state index in [0.29, 0.717) is 29.0 Å². The highest BCUT2D eigenvalue weighted by Crippen LogP contribution is 2.42. The Morgan fingerprint density at radius 2 is 1.97 bits per heavy atom. The number of phenolic OH excluding ortho intramolecular Hbond substituents is 1. The monoisotopic (exact) mass is 479 g/mol. The van der Waals surface area contributed by atoms with E-state index in [-0.39, 0.29) is 27.9 Å². The molecule has 1 saturated heterocycles. The molecule has 5 rings (SSSR count). The molecule has 2 aromatic carbocycles. The number of phenols is 1. The average Bonchev–Trinajstić information content (AvgIpc) is 3.16. The van der Waals surface area contributed by atoms with Gasteiger partial charge in [-0.1, -0.05) is 23.7 Å². The van der Waals surface area contributed by atoms with Crippen LogP contribution in [-0.4, -0.2) is 47.0 Å². The number of rotatable bonds is 4. The van der Waals surface area contributed by atoms with Crippen molar-refractivity contribution in [3.63, 3.8) is 0 Å². The maximum Gasteiger partial charge on any atom is 0.232 e. The maximum absolute atomic E-state index is 14.3. The van der Waals surface area contributed by atoms with Gasteiger partial charge in [-0.25, -0.2) is 9.37 Å². The molecule has 174 valence electrons. The van der Waals surface area contributed by atoms with Crippen molar-refractivity contribution in [2.45, 2.75) is 13.5 Å². The van der Waals surface area contributed by atoms with Crippen LogP contribution in [0, 0.1) is 12.7 Å². The highest BCUT2D eigenvalue weighted by Gasteiger charge is 2.34. The molecule has 3 aromatic rings. The molecule has 0 spiro atoms. The van der Waals surface area contributed by atoms with Crippen LogP contribution < -0.4 is 9.64 Å². The first-order valence-corrected chi connectivity index (χ1v) is 11.4. The Kier molecular flexibility index (Phi) is 5.98. The number of pyridine rings is 1. The lowest BCUT2D eigenvalue weighted by molar-refractivity contribution is 0.101. The SMILES string of the molecule is Cc1cc(O)c(CN2CCN(c3ccccn3)CC2)c2c1C(=O)/C(=C/c1c(F)cccc1Cl)O2. The molecule has 0 aliphatic carbocycles. The van der Waals surface area contributed by atoms with Gasteiger partial charge in [-0.15, -0.1) is 0 Å². The number of ketones is 1. The second kappa shape index (κ2) is 9.08. The number of anilines is 1. The number of aryl methyl sites for hydroxylation is 1. The van der Waals surface area contributed by atoms with Crippen molar-refractivity contribution in [1.82, 2.24) is 9.88 Å². The zero-order valence-electron chi connectivity index (χ0n) is 18.6. The van der Waals surface area contributed by atoms with Gasteiger partial charge in [0.2, 0.25) is 5.78 Å². The smallest absolute Gasteiger partial charge is 0.232 e.